The average molecular weight is 240 g/mol. The van der Waals surface area contributed by atoms with Crippen LogP contribution in [0.4, 0.5) is 0 Å². The van der Waals surface area contributed by atoms with Crippen molar-refractivity contribution in [2.24, 2.45) is 0 Å². The van der Waals surface area contributed by atoms with Gasteiger partial charge in [0.05, 0.1) is 0 Å². The van der Waals surface area contributed by atoms with E-state index in [0.29, 0.717) is 5.92 Å². The maximum Gasteiger partial charge on any atom is 0.0402 e. The highest BCUT2D eigenvalue weighted by molar-refractivity contribution is 8.32. The molecule has 1 heterocycles. The van der Waals surface area contributed by atoms with Crippen LogP contribution in [0.15, 0.2) is 30.3 Å². The van der Waals surface area contributed by atoms with Crippen LogP contribution in [-0.2, 0) is 0 Å². The van der Waals surface area contributed by atoms with Crippen molar-refractivity contribution in [3.8, 4) is 0 Å². The van der Waals surface area contributed by atoms with Crippen molar-refractivity contribution >= 4 is 26.7 Å². The minimum Gasteiger partial charge on any atom is -0.337 e. The Kier molecular flexibility index (Phi) is 3.89. The molecule has 3 heteroatoms. The molecule has 1 aliphatic rings. The van der Waals surface area contributed by atoms with Gasteiger partial charge in [0, 0.05) is 15.9 Å². The average Bonchev–Trinajstić information content (AvgIpc) is 2.30. The van der Waals surface area contributed by atoms with Gasteiger partial charge in [-0.05, 0) is 17.7 Å². The Bertz CT molecular complexity index is 359. The van der Waals surface area contributed by atoms with Gasteiger partial charge in [0.1, 0.15) is 0 Å². The topological polar surface area (TPSA) is 20.2 Å². The fourth-order valence-electron chi connectivity index (χ4n) is 1.74. The number of thioether (sulfide) groups is 1. The van der Waals surface area contributed by atoms with E-state index >= 15 is 0 Å². The summed E-state index contributed by atoms with van der Waals surface area (Å²) in [7, 11) is -0.479. The van der Waals surface area contributed by atoms with E-state index < -0.39 is 10.8 Å². The Morgan fingerprint density at radius 2 is 2.07 bits per heavy atom. The standard InChI is InChI=1S/C12H16OS2/c1-10(11-6-3-2-4-7-11)12-14-8-5-9-15(12)13/h2-4,6-7,10,13H,5,8-9H2,1H3/t10-,15?/m0/s1. The highest BCUT2D eigenvalue weighted by atomic mass is 32.2. The Labute approximate surface area is 98.0 Å². The first-order valence-electron chi connectivity index (χ1n) is 5.23. The molecule has 0 bridgehead atoms. The van der Waals surface area contributed by atoms with Crippen LogP contribution in [0, 0.1) is 0 Å². The molecule has 1 aromatic carbocycles. The molecule has 15 heavy (non-hydrogen) atoms. The number of rotatable bonds is 2. The van der Waals surface area contributed by atoms with Crippen LogP contribution in [0.2, 0.25) is 0 Å². The van der Waals surface area contributed by atoms with Crippen LogP contribution in [0.1, 0.15) is 24.8 Å². The van der Waals surface area contributed by atoms with E-state index in [1.54, 1.807) is 0 Å². The van der Waals surface area contributed by atoms with Gasteiger partial charge in [-0.25, -0.2) is 0 Å². The normalized spacial score (nSPS) is 23.9. The maximum atomic E-state index is 9.97. The monoisotopic (exact) mass is 240 g/mol. The van der Waals surface area contributed by atoms with Gasteiger partial charge in [0.25, 0.3) is 0 Å². The summed E-state index contributed by atoms with van der Waals surface area (Å²) in [5.41, 5.74) is 1.31. The Morgan fingerprint density at radius 3 is 2.73 bits per heavy atom. The first-order valence-corrected chi connectivity index (χ1v) is 7.57. The van der Waals surface area contributed by atoms with Crippen LogP contribution in [0.3, 0.4) is 0 Å². The number of benzene rings is 1. The molecule has 0 aliphatic carbocycles. The largest absolute Gasteiger partial charge is 0.337 e. The van der Waals surface area contributed by atoms with Gasteiger partial charge in [-0.3, -0.25) is 0 Å². The highest BCUT2D eigenvalue weighted by Gasteiger charge is 2.18. The van der Waals surface area contributed by atoms with E-state index in [2.05, 4.69) is 31.2 Å². The molecule has 0 radical (unpaired) electrons. The van der Waals surface area contributed by atoms with E-state index in [4.69, 9.17) is 0 Å². The van der Waals surface area contributed by atoms with Crippen LogP contribution in [-0.4, -0.2) is 20.3 Å². The molecule has 1 unspecified atom stereocenters. The zero-order valence-corrected chi connectivity index (χ0v) is 10.5. The Morgan fingerprint density at radius 1 is 1.33 bits per heavy atom. The summed E-state index contributed by atoms with van der Waals surface area (Å²) in [6, 6.07) is 10.5. The van der Waals surface area contributed by atoms with Gasteiger partial charge in [0.15, 0.2) is 0 Å². The lowest BCUT2D eigenvalue weighted by Crippen LogP contribution is -2.11. The molecule has 0 saturated carbocycles. The van der Waals surface area contributed by atoms with Gasteiger partial charge in [-0.15, -0.1) is 11.8 Å². The molecule has 0 aromatic heterocycles. The van der Waals surface area contributed by atoms with E-state index in [1.165, 1.54) is 9.76 Å². The molecular weight excluding hydrogens is 224 g/mol. The Hall–Kier alpha value is -0.250. The zero-order valence-electron chi connectivity index (χ0n) is 8.85. The third kappa shape index (κ3) is 2.65. The summed E-state index contributed by atoms with van der Waals surface area (Å²) in [5, 5.41) is 0. The van der Waals surface area contributed by atoms with Gasteiger partial charge in [0.2, 0.25) is 0 Å². The van der Waals surface area contributed by atoms with Crippen molar-refractivity contribution in [2.45, 2.75) is 19.3 Å². The summed E-state index contributed by atoms with van der Waals surface area (Å²) in [5.74, 6) is 2.50. The SMILES string of the molecule is C[C@H](C1=S(O)CCCS1)c1ccccc1. The van der Waals surface area contributed by atoms with Gasteiger partial charge in [-0.2, -0.15) is 0 Å². The fraction of sp³-hybridized carbons (Fsp3) is 0.417. The van der Waals surface area contributed by atoms with Crippen LogP contribution in [0.5, 0.6) is 0 Å². The second-order valence-electron chi connectivity index (χ2n) is 3.72. The van der Waals surface area contributed by atoms with Crippen molar-refractivity contribution in [2.75, 3.05) is 11.5 Å². The van der Waals surface area contributed by atoms with Crippen LogP contribution < -0.4 is 0 Å². The summed E-state index contributed by atoms with van der Waals surface area (Å²) in [6.45, 7) is 2.19. The molecule has 0 saturated heterocycles. The van der Waals surface area contributed by atoms with Crippen LogP contribution >= 0.6 is 22.5 Å². The Balaban J connectivity index is 2.24. The summed E-state index contributed by atoms with van der Waals surface area (Å²) in [4.78, 5) is 0. The third-order valence-corrected chi connectivity index (χ3v) is 6.17. The molecule has 82 valence electrons. The van der Waals surface area contributed by atoms with Crippen LogP contribution in [0.25, 0.3) is 0 Å². The van der Waals surface area contributed by atoms with Crippen molar-refractivity contribution in [1.29, 1.82) is 0 Å². The number of hydrogen-bond donors (Lipinski definition) is 1. The quantitative estimate of drug-likeness (QED) is 0.793. The van der Waals surface area contributed by atoms with Crippen molar-refractivity contribution in [3.05, 3.63) is 35.9 Å². The highest BCUT2D eigenvalue weighted by Crippen LogP contribution is 2.34. The molecular formula is C12H16OS2. The number of hydrogen-bond acceptors (Lipinski definition) is 2. The summed E-state index contributed by atoms with van der Waals surface area (Å²) >= 11 is 1.85. The van der Waals surface area contributed by atoms with E-state index in [-0.39, 0.29) is 0 Å². The second-order valence-corrected chi connectivity index (χ2v) is 6.69. The summed E-state index contributed by atoms with van der Waals surface area (Å²) in [6.07, 6.45) is 1.15. The zero-order chi connectivity index (χ0) is 10.7. The second kappa shape index (κ2) is 5.19. The van der Waals surface area contributed by atoms with Crippen molar-refractivity contribution in [1.82, 2.24) is 0 Å². The van der Waals surface area contributed by atoms with E-state index in [9.17, 15) is 4.55 Å². The molecule has 0 spiro atoms. The van der Waals surface area contributed by atoms with Gasteiger partial charge >= 0.3 is 0 Å². The molecule has 0 fully saturated rings. The first kappa shape index (κ1) is 11.2. The lowest BCUT2D eigenvalue weighted by Gasteiger charge is -2.22. The van der Waals surface area contributed by atoms with E-state index in [1.807, 2.05) is 17.8 Å². The van der Waals surface area contributed by atoms with Gasteiger partial charge < -0.3 is 4.55 Å². The van der Waals surface area contributed by atoms with Gasteiger partial charge in [-0.1, -0.05) is 48.0 Å². The van der Waals surface area contributed by atoms with E-state index in [0.717, 1.165) is 17.9 Å². The van der Waals surface area contributed by atoms with Crippen molar-refractivity contribution in [3.63, 3.8) is 0 Å². The fourth-order valence-corrected chi connectivity index (χ4v) is 5.01. The molecule has 1 aromatic rings. The van der Waals surface area contributed by atoms with Crippen molar-refractivity contribution < 1.29 is 4.55 Å². The lowest BCUT2D eigenvalue weighted by molar-refractivity contribution is 0.658. The first-order chi connectivity index (χ1) is 7.29. The minimum atomic E-state index is -0.479. The lowest BCUT2D eigenvalue weighted by atomic mass is 10.0. The molecule has 2 rings (SSSR count). The molecule has 1 nitrogen and oxygen atoms in total. The molecule has 0 amide bonds. The minimum absolute atomic E-state index is 0.379. The smallest absolute Gasteiger partial charge is 0.0402 e. The predicted molar refractivity (Wildman–Crippen MR) is 72.0 cm³/mol. The third-order valence-electron chi connectivity index (χ3n) is 2.61. The summed E-state index contributed by atoms with van der Waals surface area (Å²) < 4.78 is 11.2. The predicted octanol–water partition coefficient (Wildman–Crippen LogP) is 3.80. The molecule has 2 atom stereocenters. The molecule has 1 N–H and O–H groups in total. The maximum absolute atomic E-state index is 9.97. The molecule has 1 aliphatic heterocycles.